The van der Waals surface area contributed by atoms with Gasteiger partial charge in [-0.2, -0.15) is 0 Å². The van der Waals surface area contributed by atoms with Crippen LogP contribution in [-0.4, -0.2) is 14.6 Å². The predicted molar refractivity (Wildman–Crippen MR) is 47.4 cm³/mol. The molecule has 0 aromatic rings. The average Bonchev–Trinajstić information content (AvgIpc) is 1.82. The third-order valence-corrected chi connectivity index (χ3v) is 2.76. The summed E-state index contributed by atoms with van der Waals surface area (Å²) in [6, 6.07) is 0. The Hall–Kier alpha value is 0.130. The highest BCUT2D eigenvalue weighted by molar-refractivity contribution is 6.53. The molecule has 50 valence electrons. The zero-order valence-corrected chi connectivity index (χ0v) is 6.69. The van der Waals surface area contributed by atoms with Gasteiger partial charge in [0.15, 0.2) is 0 Å². The first-order chi connectivity index (χ1) is 4.38. The second-order valence-electron chi connectivity index (χ2n) is 3.29. The molecule has 1 aliphatic rings. The van der Waals surface area contributed by atoms with Gasteiger partial charge in [-0.3, -0.25) is 0 Å². The van der Waals surface area contributed by atoms with Gasteiger partial charge in [-0.05, 0) is 0 Å². The molecule has 9 heavy (non-hydrogen) atoms. The molecule has 0 bridgehead atoms. The molecule has 0 radical (unpaired) electrons. The molecule has 0 aromatic heterocycles. The van der Waals surface area contributed by atoms with E-state index in [4.69, 9.17) is 0 Å². The van der Waals surface area contributed by atoms with E-state index >= 15 is 0 Å². The molecule has 0 aromatic carbocycles. The number of hydrogen-bond acceptors (Lipinski definition) is 0. The van der Waals surface area contributed by atoms with Crippen LogP contribution in [0.15, 0.2) is 0 Å². The van der Waals surface area contributed by atoms with Crippen molar-refractivity contribution in [1.82, 2.24) is 0 Å². The lowest BCUT2D eigenvalue weighted by Gasteiger charge is -2.34. The van der Waals surface area contributed by atoms with Crippen molar-refractivity contribution in [2.24, 2.45) is 0 Å². The molecule has 1 rings (SSSR count). The molecule has 0 nitrogen and oxygen atoms in total. The summed E-state index contributed by atoms with van der Waals surface area (Å²) in [5.41, 5.74) is 0. The summed E-state index contributed by atoms with van der Waals surface area (Å²) < 4.78 is 0. The van der Waals surface area contributed by atoms with E-state index in [1.165, 1.54) is 33.6 Å². The molecule has 0 amide bonds. The quantitative estimate of drug-likeness (QED) is 0.499. The van der Waals surface area contributed by atoms with Crippen molar-refractivity contribution >= 4 is 14.6 Å². The predicted octanol–water partition coefficient (Wildman–Crippen LogP) is 1.72. The van der Waals surface area contributed by atoms with E-state index < -0.39 is 0 Å². The Balaban J connectivity index is 2.11. The Morgan fingerprint density at radius 2 is 2.33 bits per heavy atom. The highest BCUT2D eigenvalue weighted by Crippen LogP contribution is 2.41. The molecule has 0 N–H and O–H groups in total. The van der Waals surface area contributed by atoms with Crippen molar-refractivity contribution in [2.45, 2.75) is 44.5 Å². The molecular formula is C7H16B2. The minimum atomic E-state index is 1.10. The minimum absolute atomic E-state index is 1.10. The van der Waals surface area contributed by atoms with E-state index in [0.717, 1.165) is 11.6 Å². The molecule has 1 fully saturated rings. The third kappa shape index (κ3) is 1.53. The molecule has 2 heteroatoms. The summed E-state index contributed by atoms with van der Waals surface area (Å²) in [5.74, 6) is 2.21. The number of rotatable bonds is 3. The fourth-order valence-corrected chi connectivity index (χ4v) is 1.93. The Labute approximate surface area is 59.9 Å². The maximum absolute atomic E-state index is 2.33. The second-order valence-corrected chi connectivity index (χ2v) is 3.29. The van der Waals surface area contributed by atoms with Crippen LogP contribution in [0.3, 0.4) is 0 Å². The van der Waals surface area contributed by atoms with Gasteiger partial charge in [-0.15, -0.1) is 0 Å². The van der Waals surface area contributed by atoms with Crippen LogP contribution in [0.1, 0.15) is 20.3 Å². The summed E-state index contributed by atoms with van der Waals surface area (Å²) in [6.07, 6.45) is 4.33. The molecule has 2 unspecified atom stereocenters. The van der Waals surface area contributed by atoms with Gasteiger partial charge in [0.05, 0.1) is 0 Å². The third-order valence-electron chi connectivity index (χ3n) is 2.76. The Kier molecular flexibility index (Phi) is 2.68. The molecule has 1 aliphatic heterocycles. The van der Waals surface area contributed by atoms with Gasteiger partial charge in [-0.1, -0.05) is 44.5 Å². The first kappa shape index (κ1) is 7.24. The smallest absolute Gasteiger partial charge is 0.0815 e. The fraction of sp³-hybridized carbons (Fsp3) is 1.00. The summed E-state index contributed by atoms with van der Waals surface area (Å²) >= 11 is 0. The van der Waals surface area contributed by atoms with Gasteiger partial charge >= 0.3 is 0 Å². The Bertz CT molecular complexity index is 81.0. The normalized spacial score (nSPS) is 32.7. The van der Waals surface area contributed by atoms with Crippen LogP contribution in [0.2, 0.25) is 24.3 Å². The van der Waals surface area contributed by atoms with E-state index in [-0.39, 0.29) is 0 Å². The van der Waals surface area contributed by atoms with E-state index in [9.17, 15) is 0 Å². The molecular weight excluding hydrogens is 106 g/mol. The topological polar surface area (TPSA) is 0 Å². The van der Waals surface area contributed by atoms with Gasteiger partial charge in [-0.25, -0.2) is 0 Å². The highest BCUT2D eigenvalue weighted by Gasteiger charge is 2.29. The van der Waals surface area contributed by atoms with Crippen molar-refractivity contribution in [1.29, 1.82) is 0 Å². The molecule has 0 spiro atoms. The fourth-order valence-electron chi connectivity index (χ4n) is 1.93. The van der Waals surface area contributed by atoms with Crippen LogP contribution >= 0.6 is 0 Å². The molecule has 1 saturated heterocycles. The van der Waals surface area contributed by atoms with Crippen molar-refractivity contribution in [2.75, 3.05) is 0 Å². The van der Waals surface area contributed by atoms with Gasteiger partial charge in [0.1, 0.15) is 14.6 Å². The highest BCUT2D eigenvalue weighted by atomic mass is 14.1. The lowest BCUT2D eigenvalue weighted by molar-refractivity contribution is 0.686. The summed E-state index contributed by atoms with van der Waals surface area (Å²) in [7, 11) is 3.00. The van der Waals surface area contributed by atoms with Crippen LogP contribution in [0.4, 0.5) is 0 Å². The Morgan fingerprint density at radius 1 is 1.56 bits per heavy atom. The molecule has 0 saturated carbocycles. The van der Waals surface area contributed by atoms with Crippen LogP contribution in [0, 0.1) is 0 Å². The maximum Gasteiger partial charge on any atom is 0.123 e. The lowest BCUT2D eigenvalue weighted by atomic mass is 9.31. The van der Waals surface area contributed by atoms with E-state index in [1.807, 2.05) is 0 Å². The van der Waals surface area contributed by atoms with Gasteiger partial charge < -0.3 is 0 Å². The van der Waals surface area contributed by atoms with Crippen molar-refractivity contribution in [3.63, 3.8) is 0 Å². The van der Waals surface area contributed by atoms with E-state index in [1.54, 1.807) is 0 Å². The second kappa shape index (κ2) is 3.34. The van der Waals surface area contributed by atoms with E-state index in [0.29, 0.717) is 0 Å². The monoisotopic (exact) mass is 122 g/mol. The zero-order chi connectivity index (χ0) is 6.69. The van der Waals surface area contributed by atoms with Gasteiger partial charge in [0, 0.05) is 0 Å². The van der Waals surface area contributed by atoms with Crippen LogP contribution in [0.25, 0.3) is 0 Å². The zero-order valence-electron chi connectivity index (χ0n) is 6.69. The van der Waals surface area contributed by atoms with Crippen molar-refractivity contribution in [3.05, 3.63) is 0 Å². The van der Waals surface area contributed by atoms with E-state index in [2.05, 4.69) is 13.8 Å². The van der Waals surface area contributed by atoms with Crippen LogP contribution in [0.5, 0.6) is 0 Å². The van der Waals surface area contributed by atoms with Gasteiger partial charge in [0.25, 0.3) is 0 Å². The molecule has 1 heterocycles. The SMILES string of the molecule is CCBC1CBC1CC. The first-order valence-corrected chi connectivity index (χ1v) is 4.38. The molecule has 2 atom stereocenters. The summed E-state index contributed by atoms with van der Waals surface area (Å²) in [5, 5.41) is 0. The lowest BCUT2D eigenvalue weighted by Crippen LogP contribution is -2.26. The average molecular weight is 122 g/mol. The maximum atomic E-state index is 2.33. The largest absolute Gasteiger partial charge is 0.123 e. The minimum Gasteiger partial charge on any atom is -0.0815 e. The van der Waals surface area contributed by atoms with Crippen molar-refractivity contribution < 1.29 is 0 Å². The van der Waals surface area contributed by atoms with Crippen LogP contribution < -0.4 is 0 Å². The summed E-state index contributed by atoms with van der Waals surface area (Å²) in [6.45, 7) is 4.62. The Morgan fingerprint density at radius 3 is 2.67 bits per heavy atom. The summed E-state index contributed by atoms with van der Waals surface area (Å²) in [4.78, 5) is 0. The number of hydrogen-bond donors (Lipinski definition) is 0. The standard InChI is InChI=1S/C7H16B2/c1-3-6-7(5-9-6)8-4-2/h6-9H,3-5H2,1-2H3. The molecule has 0 aliphatic carbocycles. The van der Waals surface area contributed by atoms with Crippen LogP contribution in [-0.2, 0) is 0 Å². The van der Waals surface area contributed by atoms with Gasteiger partial charge in [0.2, 0.25) is 0 Å². The first-order valence-electron chi connectivity index (χ1n) is 4.38. The van der Waals surface area contributed by atoms with Crippen molar-refractivity contribution in [3.8, 4) is 0 Å².